The van der Waals surface area contributed by atoms with Crippen molar-refractivity contribution < 1.29 is 0 Å². The monoisotopic (exact) mass is 138 g/mol. The van der Waals surface area contributed by atoms with E-state index in [-0.39, 0.29) is 14.9 Å². The van der Waals surface area contributed by atoms with Crippen LogP contribution in [0.3, 0.4) is 0 Å². The van der Waals surface area contributed by atoms with Gasteiger partial charge in [-0.25, -0.2) is 0 Å². The number of hydrogen-bond acceptors (Lipinski definition) is 0. The molecular weight excluding hydrogens is 120 g/mol. The van der Waals surface area contributed by atoms with Gasteiger partial charge in [0.15, 0.2) is 0 Å². The lowest BCUT2D eigenvalue weighted by atomic mass is 10.2. The van der Waals surface area contributed by atoms with Gasteiger partial charge in [-0.05, 0) is 13.8 Å². The fourth-order valence-electron chi connectivity index (χ4n) is 0.807. The molecule has 0 aliphatic rings. The summed E-state index contributed by atoms with van der Waals surface area (Å²) < 4.78 is 0. The summed E-state index contributed by atoms with van der Waals surface area (Å²) in [5.74, 6) is 0. The van der Waals surface area contributed by atoms with Crippen LogP contribution >= 0.6 is 0 Å². The van der Waals surface area contributed by atoms with Crippen molar-refractivity contribution in [3.63, 3.8) is 0 Å². The third kappa shape index (κ3) is 3.29. The Labute approximate surface area is 64.9 Å². The normalized spacial score (nSPS) is 7.40. The number of hydrogen-bond donors (Lipinski definition) is 0. The van der Waals surface area contributed by atoms with Crippen LogP contribution in [0, 0.1) is 13.8 Å². The van der Waals surface area contributed by atoms with Crippen molar-refractivity contribution >= 4 is 0 Å². The van der Waals surface area contributed by atoms with Crippen LogP contribution in [0.4, 0.5) is 0 Å². The molecule has 10 heavy (non-hydrogen) atoms. The number of aryl methyl sites for hydroxylation is 2. The minimum Gasteiger partial charge on any atom is -0.0776 e. The molecule has 0 radical (unpaired) electrons. The van der Waals surface area contributed by atoms with E-state index < -0.39 is 0 Å². The van der Waals surface area contributed by atoms with E-state index >= 15 is 0 Å². The van der Waals surface area contributed by atoms with E-state index in [1.165, 1.54) is 11.1 Å². The minimum absolute atomic E-state index is 0. The zero-order chi connectivity index (χ0) is 5.98. The van der Waals surface area contributed by atoms with E-state index in [4.69, 9.17) is 0 Å². The van der Waals surface area contributed by atoms with Gasteiger partial charge in [0.25, 0.3) is 0 Å². The zero-order valence-corrected chi connectivity index (χ0v) is 5.31. The molecule has 0 fully saturated rings. The van der Waals surface area contributed by atoms with Crippen molar-refractivity contribution in [2.75, 3.05) is 0 Å². The second-order valence-electron chi connectivity index (χ2n) is 2.16. The van der Waals surface area contributed by atoms with Gasteiger partial charge in [-0.3, -0.25) is 0 Å². The maximum atomic E-state index is 2.17. The van der Waals surface area contributed by atoms with Crippen LogP contribution in [0.5, 0.6) is 0 Å². The van der Waals surface area contributed by atoms with Gasteiger partial charge in [-0.15, -0.1) is 0 Å². The summed E-state index contributed by atoms with van der Waals surface area (Å²) >= 11 is 0. The van der Waals surface area contributed by atoms with Crippen molar-refractivity contribution in [3.8, 4) is 0 Å². The topological polar surface area (TPSA) is 0 Å². The third-order valence-corrected chi connectivity index (χ3v) is 1.17. The van der Waals surface area contributed by atoms with Gasteiger partial charge in [0.2, 0.25) is 0 Å². The molecular formula is C10H18. The maximum absolute atomic E-state index is 2.17. The second kappa shape index (κ2) is 5.04. The first-order chi connectivity index (χ1) is 3.79. The molecule has 1 aromatic rings. The Hall–Kier alpha value is -0.780. The third-order valence-electron chi connectivity index (χ3n) is 1.17. The molecule has 0 N–H and O–H groups in total. The Morgan fingerprint density at radius 3 is 1.50 bits per heavy atom. The molecule has 0 amide bonds. The summed E-state index contributed by atoms with van der Waals surface area (Å²) in [6, 6.07) is 8.45. The second-order valence-corrected chi connectivity index (χ2v) is 2.16. The first kappa shape index (κ1) is 12.0. The summed E-state index contributed by atoms with van der Waals surface area (Å²) in [4.78, 5) is 0. The molecule has 1 rings (SSSR count). The fourth-order valence-corrected chi connectivity index (χ4v) is 0.807. The predicted molar refractivity (Wildman–Crippen MR) is 49.4 cm³/mol. The van der Waals surface area contributed by atoms with Crippen LogP contribution in [0.1, 0.15) is 26.0 Å². The van der Waals surface area contributed by atoms with Gasteiger partial charge < -0.3 is 0 Å². The largest absolute Gasteiger partial charge is 0.0776 e. The highest BCUT2D eigenvalue weighted by Gasteiger charge is 1.80. The quantitative estimate of drug-likeness (QED) is 0.514. The summed E-state index contributed by atoms with van der Waals surface area (Å²) in [5.41, 5.74) is 2.68. The molecule has 0 bridgehead atoms. The van der Waals surface area contributed by atoms with E-state index in [0.29, 0.717) is 0 Å². The molecule has 0 saturated carbocycles. The van der Waals surface area contributed by atoms with E-state index in [1.54, 1.807) is 0 Å². The van der Waals surface area contributed by atoms with Crippen LogP contribution in [0.15, 0.2) is 24.3 Å². The molecule has 0 heteroatoms. The molecule has 1 aromatic carbocycles. The van der Waals surface area contributed by atoms with Gasteiger partial charge in [0, 0.05) is 0 Å². The fraction of sp³-hybridized carbons (Fsp3) is 0.400. The Morgan fingerprint density at radius 1 is 0.900 bits per heavy atom. The molecule has 0 aliphatic carbocycles. The maximum Gasteiger partial charge on any atom is -0.0398 e. The average molecular weight is 138 g/mol. The zero-order valence-electron chi connectivity index (χ0n) is 5.31. The van der Waals surface area contributed by atoms with Gasteiger partial charge in [0.1, 0.15) is 0 Å². The highest BCUT2D eigenvalue weighted by molar-refractivity contribution is 5.20. The predicted octanol–water partition coefficient (Wildman–Crippen LogP) is 3.58. The van der Waals surface area contributed by atoms with Gasteiger partial charge in [-0.1, -0.05) is 50.2 Å². The molecule has 0 aromatic heterocycles. The molecule has 0 heterocycles. The Bertz CT molecular complexity index is 160. The van der Waals surface area contributed by atoms with Crippen molar-refractivity contribution in [1.82, 2.24) is 0 Å². The molecule has 0 aliphatic heterocycles. The summed E-state index contributed by atoms with van der Waals surface area (Å²) in [5, 5.41) is 0. The van der Waals surface area contributed by atoms with Crippen LogP contribution in [-0.2, 0) is 0 Å². The van der Waals surface area contributed by atoms with E-state index in [1.807, 2.05) is 0 Å². The van der Waals surface area contributed by atoms with E-state index in [2.05, 4.69) is 38.1 Å². The lowest BCUT2D eigenvalue weighted by Crippen LogP contribution is -1.71. The Balaban J connectivity index is 0. The summed E-state index contributed by atoms with van der Waals surface area (Å²) in [7, 11) is 0. The lowest BCUT2D eigenvalue weighted by molar-refractivity contribution is 1.39. The van der Waals surface area contributed by atoms with Crippen molar-refractivity contribution in [2.24, 2.45) is 0 Å². The average Bonchev–Trinajstić information content (AvgIpc) is 1.64. The van der Waals surface area contributed by atoms with Gasteiger partial charge >= 0.3 is 0 Å². The van der Waals surface area contributed by atoms with E-state index in [9.17, 15) is 0 Å². The van der Waals surface area contributed by atoms with E-state index in [0.717, 1.165) is 0 Å². The highest BCUT2D eigenvalue weighted by Crippen LogP contribution is 2.00. The Kier molecular flexibility index (Phi) is 6.02. The van der Waals surface area contributed by atoms with Gasteiger partial charge in [0.05, 0.1) is 0 Å². The van der Waals surface area contributed by atoms with Crippen molar-refractivity contribution in [3.05, 3.63) is 35.4 Å². The SMILES string of the molecule is C.C.Cc1cccc(C)c1. The van der Waals surface area contributed by atoms with Crippen LogP contribution in [-0.4, -0.2) is 0 Å². The van der Waals surface area contributed by atoms with Gasteiger partial charge in [-0.2, -0.15) is 0 Å². The Morgan fingerprint density at radius 2 is 1.30 bits per heavy atom. The molecule has 0 spiro atoms. The molecule has 0 unspecified atom stereocenters. The van der Waals surface area contributed by atoms with Crippen molar-refractivity contribution in [2.45, 2.75) is 28.7 Å². The number of rotatable bonds is 0. The molecule has 58 valence electrons. The standard InChI is InChI=1S/C8H10.2CH4/c1-7-4-3-5-8(2)6-7;;/h3-6H,1-2H3;2*1H4. The summed E-state index contributed by atoms with van der Waals surface area (Å²) in [6.45, 7) is 4.21. The highest BCUT2D eigenvalue weighted by atomic mass is 13.9. The van der Waals surface area contributed by atoms with Crippen molar-refractivity contribution in [1.29, 1.82) is 0 Å². The molecule has 0 saturated heterocycles. The molecule has 0 atom stereocenters. The minimum atomic E-state index is 0. The first-order valence-electron chi connectivity index (χ1n) is 2.82. The van der Waals surface area contributed by atoms with Crippen LogP contribution in [0.25, 0.3) is 0 Å². The van der Waals surface area contributed by atoms with Crippen LogP contribution < -0.4 is 0 Å². The molecule has 0 nitrogen and oxygen atoms in total. The van der Waals surface area contributed by atoms with Crippen LogP contribution in [0.2, 0.25) is 0 Å². The number of benzene rings is 1. The smallest absolute Gasteiger partial charge is 0.0398 e. The first-order valence-corrected chi connectivity index (χ1v) is 2.82. The summed E-state index contributed by atoms with van der Waals surface area (Å²) in [6.07, 6.45) is 0. The lowest BCUT2D eigenvalue weighted by Gasteiger charge is -1.90.